The van der Waals surface area contributed by atoms with E-state index in [2.05, 4.69) is 123 Å². The van der Waals surface area contributed by atoms with E-state index in [1.165, 1.54) is 122 Å². The van der Waals surface area contributed by atoms with Crippen LogP contribution >= 0.6 is 0 Å². The maximum atomic E-state index is 13.5. The fourth-order valence-electron chi connectivity index (χ4n) is 10.4. The Balaban J connectivity index is 2.60. The van der Waals surface area contributed by atoms with Crippen LogP contribution in [0.4, 0.5) is 0 Å². The highest BCUT2D eigenvalue weighted by Crippen LogP contribution is 2.26. The highest BCUT2D eigenvalue weighted by Gasteiger charge is 2.47. The molecule has 0 aliphatic carbocycles. The first kappa shape index (κ1) is 80.3. The molecule has 11 nitrogen and oxygen atoms in total. The average molecular weight is 1200 g/mol. The lowest BCUT2D eigenvalue weighted by Gasteiger charge is -2.41. The van der Waals surface area contributed by atoms with E-state index in [1.807, 2.05) is 6.08 Å². The second-order valence-electron chi connectivity index (χ2n) is 23.9. The number of hydrogen-bond donors (Lipinski definition) is 6. The maximum Gasteiger partial charge on any atom is 0.306 e. The van der Waals surface area contributed by atoms with Crippen molar-refractivity contribution in [3.63, 3.8) is 0 Å². The number of carbonyl (C=O) groups is 2. The number of ether oxygens (including phenoxy) is 3. The van der Waals surface area contributed by atoms with Gasteiger partial charge in [-0.3, -0.25) is 9.59 Å². The summed E-state index contributed by atoms with van der Waals surface area (Å²) < 4.78 is 17.7. The number of carbonyl (C=O) groups excluding carboxylic acids is 2. The molecule has 11 heteroatoms. The smallest absolute Gasteiger partial charge is 0.306 e. The number of rotatable bonds is 59. The standard InChI is InChI=1S/C75H129NO10/c1-4-7-10-13-16-19-22-25-27-29-31-33-34-35-36-37-39-41-43-45-48-51-54-57-60-63-70(80)86-73-72(82)71(81)69(64-77)85-75(73)84-65-66(67(78)61-58-55-52-49-46-24-21-18-15-12-9-6-3)76-74(83)68(79)62-59-56-53-50-47-44-42-40-38-32-30-28-26-23-20-17-14-11-8-5-2/h8,11,16-17,19-20,25-28,31-33,38,42,44,58,61,66-69,71-73,75,77-79,81-82H,4-7,9-10,12-15,18,21-24,29-30,34-37,39-41,43,45-57,59-60,62-65H2,1-3H3,(H,76,83)/b11-8-,19-16-,20-17-,27-25-,28-26-,33-31-,38-32-,44-42-,61-58+. The van der Waals surface area contributed by atoms with Gasteiger partial charge in [0, 0.05) is 6.42 Å². The molecule has 0 aromatic carbocycles. The highest BCUT2D eigenvalue weighted by molar-refractivity contribution is 5.80. The highest BCUT2D eigenvalue weighted by atomic mass is 16.7. The number of aliphatic hydroxyl groups excluding tert-OH is 5. The summed E-state index contributed by atoms with van der Waals surface area (Å²) >= 11 is 0. The summed E-state index contributed by atoms with van der Waals surface area (Å²) in [5.74, 6) is -1.22. The number of esters is 1. The van der Waals surface area contributed by atoms with Crippen molar-refractivity contribution in [1.82, 2.24) is 5.32 Å². The Labute approximate surface area is 526 Å². The summed E-state index contributed by atoms with van der Waals surface area (Å²) in [4.78, 5) is 26.7. The van der Waals surface area contributed by atoms with Crippen LogP contribution in [0.25, 0.3) is 0 Å². The second kappa shape index (κ2) is 61.6. The molecule has 1 rings (SSSR count). The van der Waals surface area contributed by atoms with E-state index in [1.54, 1.807) is 6.08 Å². The molecule has 494 valence electrons. The van der Waals surface area contributed by atoms with Gasteiger partial charge < -0.3 is 45.1 Å². The van der Waals surface area contributed by atoms with Crippen molar-refractivity contribution in [2.45, 2.75) is 339 Å². The normalized spacial score (nSPS) is 19.0. The predicted molar refractivity (Wildman–Crippen MR) is 361 cm³/mol. The van der Waals surface area contributed by atoms with Crippen LogP contribution in [0.1, 0.15) is 290 Å². The third-order valence-corrected chi connectivity index (χ3v) is 15.9. The van der Waals surface area contributed by atoms with E-state index in [0.29, 0.717) is 12.8 Å². The first-order chi connectivity index (χ1) is 42.2. The molecule has 1 fully saturated rings. The van der Waals surface area contributed by atoms with Gasteiger partial charge in [0.1, 0.15) is 24.4 Å². The summed E-state index contributed by atoms with van der Waals surface area (Å²) in [5.41, 5.74) is 0. The van der Waals surface area contributed by atoms with Crippen LogP contribution in [0.2, 0.25) is 0 Å². The van der Waals surface area contributed by atoms with Crippen LogP contribution in [-0.4, -0.2) is 99.6 Å². The van der Waals surface area contributed by atoms with Gasteiger partial charge in [-0.1, -0.05) is 284 Å². The summed E-state index contributed by atoms with van der Waals surface area (Å²) in [6, 6.07) is -1.04. The molecule has 1 heterocycles. The molecular formula is C75H129NO10. The van der Waals surface area contributed by atoms with Crippen molar-refractivity contribution in [1.29, 1.82) is 0 Å². The minimum atomic E-state index is -1.62. The molecule has 0 spiro atoms. The van der Waals surface area contributed by atoms with Gasteiger partial charge in [0.2, 0.25) is 5.91 Å². The lowest BCUT2D eigenvalue weighted by Crippen LogP contribution is -2.61. The predicted octanol–water partition coefficient (Wildman–Crippen LogP) is 18.0. The largest absolute Gasteiger partial charge is 0.454 e. The molecule has 8 unspecified atom stereocenters. The van der Waals surface area contributed by atoms with Gasteiger partial charge in [0.25, 0.3) is 0 Å². The molecule has 1 saturated heterocycles. The van der Waals surface area contributed by atoms with Gasteiger partial charge in [-0.15, -0.1) is 0 Å². The van der Waals surface area contributed by atoms with E-state index in [4.69, 9.17) is 14.2 Å². The fraction of sp³-hybridized carbons (Fsp3) is 0.733. The zero-order valence-corrected chi connectivity index (χ0v) is 54.9. The number of aliphatic hydroxyl groups is 5. The second-order valence-corrected chi connectivity index (χ2v) is 23.9. The Morgan fingerprint density at radius 3 is 1.28 bits per heavy atom. The third-order valence-electron chi connectivity index (χ3n) is 15.9. The van der Waals surface area contributed by atoms with E-state index in [-0.39, 0.29) is 19.4 Å². The summed E-state index contributed by atoms with van der Waals surface area (Å²) in [7, 11) is 0. The van der Waals surface area contributed by atoms with E-state index >= 15 is 0 Å². The summed E-state index contributed by atoms with van der Waals surface area (Å²) in [6.45, 7) is 5.65. The van der Waals surface area contributed by atoms with Crippen LogP contribution < -0.4 is 5.32 Å². The molecule has 0 radical (unpaired) electrons. The van der Waals surface area contributed by atoms with Crippen molar-refractivity contribution in [3.05, 3.63) is 109 Å². The van der Waals surface area contributed by atoms with Crippen LogP contribution in [0, 0.1) is 0 Å². The number of allylic oxidation sites excluding steroid dienone is 17. The zero-order valence-electron chi connectivity index (χ0n) is 54.9. The van der Waals surface area contributed by atoms with Crippen molar-refractivity contribution in [2.75, 3.05) is 13.2 Å². The minimum absolute atomic E-state index is 0.114. The van der Waals surface area contributed by atoms with Gasteiger partial charge in [-0.25, -0.2) is 0 Å². The van der Waals surface area contributed by atoms with E-state index in [9.17, 15) is 35.1 Å². The van der Waals surface area contributed by atoms with Crippen molar-refractivity contribution in [3.8, 4) is 0 Å². The summed E-state index contributed by atoms with van der Waals surface area (Å²) in [5, 5.41) is 57.2. The van der Waals surface area contributed by atoms with E-state index in [0.717, 1.165) is 122 Å². The van der Waals surface area contributed by atoms with Gasteiger partial charge >= 0.3 is 5.97 Å². The molecular weight excluding hydrogens is 1070 g/mol. The first-order valence-electron chi connectivity index (χ1n) is 35.2. The molecule has 0 saturated carbocycles. The Kier molecular flexibility index (Phi) is 57.5. The molecule has 86 heavy (non-hydrogen) atoms. The molecule has 0 aromatic heterocycles. The summed E-state index contributed by atoms with van der Waals surface area (Å²) in [6.07, 6.45) is 74.1. The van der Waals surface area contributed by atoms with Crippen LogP contribution in [-0.2, 0) is 23.8 Å². The van der Waals surface area contributed by atoms with E-state index < -0.39 is 67.4 Å². The van der Waals surface area contributed by atoms with Gasteiger partial charge in [-0.05, 0) is 109 Å². The Morgan fingerprint density at radius 1 is 0.465 bits per heavy atom. The third kappa shape index (κ3) is 48.3. The number of hydrogen-bond acceptors (Lipinski definition) is 10. The number of unbranched alkanes of at least 4 members (excludes halogenated alkanes) is 29. The molecule has 1 aliphatic rings. The van der Waals surface area contributed by atoms with Gasteiger partial charge in [0.15, 0.2) is 12.4 Å². The molecule has 8 atom stereocenters. The Morgan fingerprint density at radius 2 is 0.837 bits per heavy atom. The fourth-order valence-corrected chi connectivity index (χ4v) is 10.4. The maximum absolute atomic E-state index is 13.5. The molecule has 0 bridgehead atoms. The first-order valence-corrected chi connectivity index (χ1v) is 35.2. The topological polar surface area (TPSA) is 175 Å². The molecule has 1 aliphatic heterocycles. The van der Waals surface area contributed by atoms with Gasteiger partial charge in [0.05, 0.1) is 25.4 Å². The Bertz CT molecular complexity index is 1820. The van der Waals surface area contributed by atoms with Gasteiger partial charge in [-0.2, -0.15) is 0 Å². The monoisotopic (exact) mass is 1200 g/mol. The SMILES string of the molecule is CC/C=C\C/C=C\C/C=C\C/C=C\C/C=C\CCCCCCC(O)C(=O)NC(COC1OC(CO)C(O)C(O)C1OC(=O)CCCCCCCCCCCCCC/C=C\C/C=C\C/C=C\CCCCC)C(O)/C=C/CCCCCCCCCCCC. The zero-order chi connectivity index (χ0) is 62.4. The van der Waals surface area contributed by atoms with Crippen molar-refractivity contribution < 1.29 is 49.3 Å². The Hall–Kier alpha value is -3.68. The molecule has 0 aromatic rings. The lowest BCUT2D eigenvalue weighted by molar-refractivity contribution is -0.305. The molecule has 6 N–H and O–H groups in total. The van der Waals surface area contributed by atoms with Crippen molar-refractivity contribution >= 4 is 11.9 Å². The van der Waals surface area contributed by atoms with Crippen LogP contribution in [0.5, 0.6) is 0 Å². The minimum Gasteiger partial charge on any atom is -0.454 e. The van der Waals surface area contributed by atoms with Crippen molar-refractivity contribution in [2.24, 2.45) is 0 Å². The average Bonchev–Trinajstić information content (AvgIpc) is 3.30. The van der Waals surface area contributed by atoms with Crippen LogP contribution in [0.15, 0.2) is 109 Å². The number of amides is 1. The lowest BCUT2D eigenvalue weighted by atomic mass is 9.99. The quantitative estimate of drug-likeness (QED) is 0.0195. The van der Waals surface area contributed by atoms with Crippen LogP contribution in [0.3, 0.4) is 0 Å². The number of nitrogens with one attached hydrogen (secondary N) is 1. The molecule has 1 amide bonds.